The summed E-state index contributed by atoms with van der Waals surface area (Å²) in [5, 5.41) is 18.0. The summed E-state index contributed by atoms with van der Waals surface area (Å²) in [6, 6.07) is 0. The molecule has 0 aliphatic carbocycles. The van der Waals surface area contributed by atoms with Gasteiger partial charge < -0.3 is 10.2 Å². The van der Waals surface area contributed by atoms with Crippen molar-refractivity contribution in [3.63, 3.8) is 0 Å². The minimum Gasteiger partial charge on any atom is -0.481 e. The van der Waals surface area contributed by atoms with Crippen molar-refractivity contribution < 1.29 is 15.0 Å². The summed E-state index contributed by atoms with van der Waals surface area (Å²) in [5.74, 6) is -0.764. The molecule has 0 aromatic rings. The minimum atomic E-state index is -0.764. The third-order valence-electron chi connectivity index (χ3n) is 2.65. The summed E-state index contributed by atoms with van der Waals surface area (Å²) in [4.78, 5) is 10.3. The molecule has 3 heteroatoms. The fourth-order valence-electron chi connectivity index (χ4n) is 1.55. The molecule has 1 atom stereocenters. The third-order valence-corrected chi connectivity index (χ3v) is 2.65. The number of carboxylic acids is 1. The monoisotopic (exact) mass is 266 g/mol. The van der Waals surface area contributed by atoms with E-state index in [1.165, 1.54) is 12.8 Å². The van der Waals surface area contributed by atoms with Gasteiger partial charge in [-0.15, -0.1) is 0 Å². The zero-order valence-corrected chi connectivity index (χ0v) is 11.8. The van der Waals surface area contributed by atoms with E-state index in [-0.39, 0.29) is 12.5 Å². The van der Waals surface area contributed by atoms with Crippen LogP contribution in [0, 0.1) is 0 Å². The lowest BCUT2D eigenvalue weighted by Gasteiger charge is -2.02. The Morgan fingerprint density at radius 1 is 1.16 bits per heavy atom. The Balaban J connectivity index is 3.58. The van der Waals surface area contributed by atoms with Gasteiger partial charge in [0.1, 0.15) is 0 Å². The lowest BCUT2D eigenvalue weighted by Crippen LogP contribution is -2.00. The Labute approximate surface area is 116 Å². The molecule has 0 amide bonds. The number of rotatable bonds is 11. The molecule has 1 unspecified atom stereocenters. The highest BCUT2D eigenvalue weighted by Gasteiger charge is 1.96. The molecular formula is C16H26O3. The van der Waals surface area contributed by atoms with Crippen LogP contribution in [0.4, 0.5) is 0 Å². The van der Waals surface area contributed by atoms with Crippen LogP contribution in [0.25, 0.3) is 0 Å². The van der Waals surface area contributed by atoms with Crippen LogP contribution >= 0.6 is 0 Å². The highest BCUT2D eigenvalue weighted by atomic mass is 16.4. The standard InChI is InChI=1S/C16H26O3/c1-2-3-9-12-15(17)13-10-7-5-4-6-8-11-14-16(18)19/h5-8,10,13,15,17H,2-4,9,11-12,14H2,1H3,(H,18,19)/b7-5-,8-6+,13-10-. The number of unbranched alkanes of at least 4 members (excludes halogenated alkanes) is 2. The van der Waals surface area contributed by atoms with Crippen molar-refractivity contribution in [1.29, 1.82) is 0 Å². The summed E-state index contributed by atoms with van der Waals surface area (Å²) in [6.07, 6.45) is 16.8. The first-order valence-electron chi connectivity index (χ1n) is 7.05. The zero-order valence-electron chi connectivity index (χ0n) is 11.8. The molecule has 0 aliphatic rings. The van der Waals surface area contributed by atoms with Gasteiger partial charge in [-0.25, -0.2) is 0 Å². The predicted octanol–water partition coefficient (Wildman–Crippen LogP) is 3.85. The predicted molar refractivity (Wildman–Crippen MR) is 79.1 cm³/mol. The second kappa shape index (κ2) is 13.1. The molecule has 108 valence electrons. The zero-order chi connectivity index (χ0) is 14.3. The first kappa shape index (κ1) is 17.6. The maximum atomic E-state index is 10.3. The molecule has 0 saturated heterocycles. The van der Waals surface area contributed by atoms with E-state index in [0.29, 0.717) is 6.42 Å². The number of aliphatic hydroxyl groups excluding tert-OH is 1. The van der Waals surface area contributed by atoms with Gasteiger partial charge >= 0.3 is 5.97 Å². The number of carbonyl (C=O) groups is 1. The first-order chi connectivity index (χ1) is 9.16. The van der Waals surface area contributed by atoms with Crippen LogP contribution in [-0.4, -0.2) is 22.3 Å². The van der Waals surface area contributed by atoms with E-state index in [9.17, 15) is 9.90 Å². The molecule has 0 radical (unpaired) electrons. The Kier molecular flexibility index (Phi) is 12.2. The normalized spacial score (nSPS) is 13.8. The molecular weight excluding hydrogens is 240 g/mol. The fourth-order valence-corrected chi connectivity index (χ4v) is 1.55. The van der Waals surface area contributed by atoms with E-state index in [4.69, 9.17) is 5.11 Å². The van der Waals surface area contributed by atoms with Crippen molar-refractivity contribution in [3.05, 3.63) is 36.5 Å². The average molecular weight is 266 g/mol. The summed E-state index contributed by atoms with van der Waals surface area (Å²) in [5.41, 5.74) is 0. The number of carboxylic acid groups (broad SMARTS) is 1. The molecule has 0 bridgehead atoms. The molecule has 0 rings (SSSR count). The van der Waals surface area contributed by atoms with Crippen LogP contribution in [0.1, 0.15) is 51.9 Å². The van der Waals surface area contributed by atoms with Gasteiger partial charge in [-0.1, -0.05) is 62.6 Å². The number of allylic oxidation sites excluding steroid dienone is 5. The Bertz CT molecular complexity index is 303. The minimum absolute atomic E-state index is 0.185. The van der Waals surface area contributed by atoms with Crippen molar-refractivity contribution >= 4 is 5.97 Å². The SMILES string of the molecule is CCCCCC(O)/C=C\C=C/C/C=C/CCC(=O)O. The van der Waals surface area contributed by atoms with E-state index >= 15 is 0 Å². The molecule has 2 N–H and O–H groups in total. The van der Waals surface area contributed by atoms with Crippen LogP contribution in [0.15, 0.2) is 36.5 Å². The fraction of sp³-hybridized carbons (Fsp3) is 0.562. The van der Waals surface area contributed by atoms with Crippen molar-refractivity contribution in [2.75, 3.05) is 0 Å². The number of hydrogen-bond donors (Lipinski definition) is 2. The highest BCUT2D eigenvalue weighted by Crippen LogP contribution is 2.04. The summed E-state index contributed by atoms with van der Waals surface area (Å²) >= 11 is 0. The van der Waals surface area contributed by atoms with Crippen LogP contribution in [0.2, 0.25) is 0 Å². The van der Waals surface area contributed by atoms with Gasteiger partial charge in [0.2, 0.25) is 0 Å². The Hall–Kier alpha value is -1.35. The van der Waals surface area contributed by atoms with Gasteiger partial charge in [0.15, 0.2) is 0 Å². The number of aliphatic carboxylic acids is 1. The van der Waals surface area contributed by atoms with Gasteiger partial charge in [-0.3, -0.25) is 4.79 Å². The highest BCUT2D eigenvalue weighted by molar-refractivity contribution is 5.66. The van der Waals surface area contributed by atoms with Crippen molar-refractivity contribution in [1.82, 2.24) is 0 Å². The van der Waals surface area contributed by atoms with Crippen molar-refractivity contribution in [2.24, 2.45) is 0 Å². The number of aliphatic hydroxyl groups is 1. The topological polar surface area (TPSA) is 57.5 Å². The summed E-state index contributed by atoms with van der Waals surface area (Å²) in [7, 11) is 0. The maximum Gasteiger partial charge on any atom is 0.303 e. The second-order valence-corrected chi connectivity index (χ2v) is 4.52. The summed E-state index contributed by atoms with van der Waals surface area (Å²) < 4.78 is 0. The summed E-state index contributed by atoms with van der Waals surface area (Å²) in [6.45, 7) is 2.15. The van der Waals surface area contributed by atoms with E-state index in [0.717, 1.165) is 19.3 Å². The average Bonchev–Trinajstić information content (AvgIpc) is 2.36. The Morgan fingerprint density at radius 2 is 1.95 bits per heavy atom. The maximum absolute atomic E-state index is 10.3. The quantitative estimate of drug-likeness (QED) is 0.339. The van der Waals surface area contributed by atoms with Crippen LogP contribution < -0.4 is 0 Å². The second-order valence-electron chi connectivity index (χ2n) is 4.52. The van der Waals surface area contributed by atoms with Gasteiger partial charge in [0.05, 0.1) is 6.10 Å². The molecule has 0 fully saturated rings. The van der Waals surface area contributed by atoms with Gasteiger partial charge in [0.25, 0.3) is 0 Å². The van der Waals surface area contributed by atoms with Gasteiger partial charge in [0, 0.05) is 6.42 Å². The molecule has 0 aliphatic heterocycles. The van der Waals surface area contributed by atoms with Crippen molar-refractivity contribution in [2.45, 2.75) is 58.0 Å². The van der Waals surface area contributed by atoms with Crippen molar-refractivity contribution in [3.8, 4) is 0 Å². The molecule has 0 aromatic carbocycles. The van der Waals surface area contributed by atoms with Gasteiger partial charge in [-0.2, -0.15) is 0 Å². The smallest absolute Gasteiger partial charge is 0.303 e. The molecule has 19 heavy (non-hydrogen) atoms. The largest absolute Gasteiger partial charge is 0.481 e. The van der Waals surface area contributed by atoms with Crippen LogP contribution in [-0.2, 0) is 4.79 Å². The van der Waals surface area contributed by atoms with E-state index in [1.807, 2.05) is 30.4 Å². The molecule has 0 heterocycles. The third kappa shape index (κ3) is 14.6. The van der Waals surface area contributed by atoms with Crippen LogP contribution in [0.5, 0.6) is 0 Å². The van der Waals surface area contributed by atoms with E-state index in [2.05, 4.69) is 6.92 Å². The van der Waals surface area contributed by atoms with Crippen LogP contribution in [0.3, 0.4) is 0 Å². The lowest BCUT2D eigenvalue weighted by molar-refractivity contribution is -0.136. The molecule has 0 saturated carbocycles. The molecule has 0 aromatic heterocycles. The number of hydrogen-bond acceptors (Lipinski definition) is 2. The molecule has 0 spiro atoms. The Morgan fingerprint density at radius 3 is 2.63 bits per heavy atom. The van der Waals surface area contributed by atoms with E-state index < -0.39 is 5.97 Å². The van der Waals surface area contributed by atoms with Gasteiger partial charge in [-0.05, 0) is 19.3 Å². The van der Waals surface area contributed by atoms with E-state index in [1.54, 1.807) is 6.08 Å². The molecule has 3 nitrogen and oxygen atoms in total. The first-order valence-corrected chi connectivity index (χ1v) is 7.05. The lowest BCUT2D eigenvalue weighted by atomic mass is 10.1.